The molecule has 0 atom stereocenters. The summed E-state index contributed by atoms with van der Waals surface area (Å²) in [5, 5.41) is 0.364. The molecule has 0 saturated carbocycles. The van der Waals surface area contributed by atoms with Gasteiger partial charge in [-0.1, -0.05) is 11.6 Å². The van der Waals surface area contributed by atoms with Crippen LogP contribution in [0, 0.1) is 6.92 Å². The molecule has 13 heavy (non-hydrogen) atoms. The number of hydrogen-bond acceptors (Lipinski definition) is 2. The maximum Gasteiger partial charge on any atom is 0.179 e. The van der Waals surface area contributed by atoms with Gasteiger partial charge in [0.15, 0.2) is 5.78 Å². The van der Waals surface area contributed by atoms with Crippen molar-refractivity contribution in [2.24, 2.45) is 0 Å². The van der Waals surface area contributed by atoms with Crippen molar-refractivity contribution in [1.82, 2.24) is 0 Å². The minimum Gasteiger partial charge on any atom is -0.399 e. The SMILES string of the molecule is Cc1cc(N)cc(Cl)c1C(=O)CCl. The number of nitrogen functional groups attached to an aromatic ring is 1. The minimum absolute atomic E-state index is 0.0650. The lowest BCUT2D eigenvalue weighted by molar-refractivity contribution is 0.102. The number of aryl methyl sites for hydroxylation is 1. The Balaban J connectivity index is 3.28. The summed E-state index contributed by atoms with van der Waals surface area (Å²) in [5.74, 6) is -0.242. The van der Waals surface area contributed by atoms with Crippen LogP contribution in [-0.4, -0.2) is 11.7 Å². The van der Waals surface area contributed by atoms with Crippen molar-refractivity contribution >= 4 is 34.7 Å². The molecule has 0 saturated heterocycles. The van der Waals surface area contributed by atoms with Crippen molar-refractivity contribution < 1.29 is 4.79 Å². The monoisotopic (exact) mass is 217 g/mol. The summed E-state index contributed by atoms with van der Waals surface area (Å²) < 4.78 is 0. The first kappa shape index (κ1) is 10.4. The number of alkyl halides is 1. The Morgan fingerprint density at radius 1 is 1.54 bits per heavy atom. The fourth-order valence-corrected chi connectivity index (χ4v) is 1.70. The van der Waals surface area contributed by atoms with Crippen LogP contribution < -0.4 is 5.73 Å². The van der Waals surface area contributed by atoms with Crippen LogP contribution in [0.1, 0.15) is 15.9 Å². The summed E-state index contributed by atoms with van der Waals surface area (Å²) in [4.78, 5) is 11.3. The van der Waals surface area contributed by atoms with Gasteiger partial charge in [0.2, 0.25) is 0 Å². The molecule has 1 rings (SSSR count). The number of hydrogen-bond donors (Lipinski definition) is 1. The van der Waals surface area contributed by atoms with E-state index in [9.17, 15) is 4.79 Å². The van der Waals surface area contributed by atoms with E-state index >= 15 is 0 Å². The third-order valence-corrected chi connectivity index (χ3v) is 2.25. The molecule has 0 aliphatic rings. The standard InChI is InChI=1S/C9H9Cl2NO/c1-5-2-6(12)3-7(11)9(5)8(13)4-10/h2-3H,4,12H2,1H3. The molecule has 4 heteroatoms. The highest BCUT2D eigenvalue weighted by Crippen LogP contribution is 2.24. The first-order chi connectivity index (χ1) is 6.06. The van der Waals surface area contributed by atoms with E-state index in [1.54, 1.807) is 19.1 Å². The Hall–Kier alpha value is -0.730. The molecule has 0 amide bonds. The van der Waals surface area contributed by atoms with E-state index in [0.717, 1.165) is 5.56 Å². The van der Waals surface area contributed by atoms with Crippen molar-refractivity contribution in [3.8, 4) is 0 Å². The molecular weight excluding hydrogens is 209 g/mol. The molecule has 0 aliphatic heterocycles. The van der Waals surface area contributed by atoms with Gasteiger partial charge in [-0.15, -0.1) is 11.6 Å². The highest BCUT2D eigenvalue weighted by atomic mass is 35.5. The summed E-state index contributed by atoms with van der Waals surface area (Å²) in [6, 6.07) is 3.25. The first-order valence-corrected chi connectivity index (χ1v) is 4.62. The second-order valence-electron chi connectivity index (χ2n) is 2.75. The van der Waals surface area contributed by atoms with Crippen LogP contribution in [-0.2, 0) is 0 Å². The smallest absolute Gasteiger partial charge is 0.179 e. The average molecular weight is 218 g/mol. The van der Waals surface area contributed by atoms with E-state index in [1.807, 2.05) is 0 Å². The summed E-state index contributed by atoms with van der Waals surface area (Å²) in [6.45, 7) is 1.78. The van der Waals surface area contributed by atoms with Crippen molar-refractivity contribution in [1.29, 1.82) is 0 Å². The number of anilines is 1. The minimum atomic E-state index is -0.177. The average Bonchev–Trinajstić information content (AvgIpc) is 2.02. The van der Waals surface area contributed by atoms with Crippen molar-refractivity contribution in [3.05, 3.63) is 28.3 Å². The van der Waals surface area contributed by atoms with E-state index in [4.69, 9.17) is 28.9 Å². The maximum atomic E-state index is 11.3. The molecule has 0 spiro atoms. The van der Waals surface area contributed by atoms with Crippen LogP contribution in [0.25, 0.3) is 0 Å². The summed E-state index contributed by atoms with van der Waals surface area (Å²) >= 11 is 11.3. The van der Waals surface area contributed by atoms with Gasteiger partial charge < -0.3 is 5.73 Å². The number of nitrogens with two attached hydrogens (primary N) is 1. The second-order valence-corrected chi connectivity index (χ2v) is 3.43. The Kier molecular flexibility index (Phi) is 3.17. The van der Waals surface area contributed by atoms with Crippen LogP contribution in [0.2, 0.25) is 5.02 Å². The maximum absolute atomic E-state index is 11.3. The summed E-state index contributed by atoms with van der Waals surface area (Å²) in [7, 11) is 0. The fraction of sp³-hybridized carbons (Fsp3) is 0.222. The van der Waals surface area contributed by atoms with E-state index in [1.165, 1.54) is 0 Å². The predicted molar refractivity (Wildman–Crippen MR) is 55.7 cm³/mol. The van der Waals surface area contributed by atoms with Gasteiger partial charge in [-0.25, -0.2) is 0 Å². The van der Waals surface area contributed by atoms with Crippen molar-refractivity contribution in [2.45, 2.75) is 6.92 Å². The first-order valence-electron chi connectivity index (χ1n) is 3.71. The van der Waals surface area contributed by atoms with Crippen LogP contribution >= 0.6 is 23.2 Å². The molecular formula is C9H9Cl2NO. The number of carbonyl (C=O) groups is 1. The third kappa shape index (κ3) is 2.14. The largest absolute Gasteiger partial charge is 0.399 e. The predicted octanol–water partition coefficient (Wildman–Crippen LogP) is 2.65. The summed E-state index contributed by atoms with van der Waals surface area (Å²) in [6.07, 6.45) is 0. The van der Waals surface area contributed by atoms with E-state index in [-0.39, 0.29) is 11.7 Å². The van der Waals surface area contributed by atoms with Gasteiger partial charge in [0.05, 0.1) is 10.9 Å². The van der Waals surface area contributed by atoms with Gasteiger partial charge in [0, 0.05) is 11.3 Å². The molecule has 0 bridgehead atoms. The van der Waals surface area contributed by atoms with Gasteiger partial charge in [0.1, 0.15) is 0 Å². The Bertz CT molecular complexity index is 326. The lowest BCUT2D eigenvalue weighted by atomic mass is 10.0. The van der Waals surface area contributed by atoms with Crippen molar-refractivity contribution in [2.75, 3.05) is 11.6 Å². The van der Waals surface area contributed by atoms with E-state index in [0.29, 0.717) is 16.3 Å². The van der Waals surface area contributed by atoms with Gasteiger partial charge in [-0.2, -0.15) is 0 Å². The Morgan fingerprint density at radius 2 is 2.15 bits per heavy atom. The van der Waals surface area contributed by atoms with Crippen molar-refractivity contribution in [3.63, 3.8) is 0 Å². The number of rotatable bonds is 2. The lowest BCUT2D eigenvalue weighted by Gasteiger charge is -2.06. The Labute approximate surface area is 86.6 Å². The second kappa shape index (κ2) is 3.99. The van der Waals surface area contributed by atoms with Gasteiger partial charge >= 0.3 is 0 Å². The highest BCUT2D eigenvalue weighted by Gasteiger charge is 2.12. The zero-order chi connectivity index (χ0) is 10.0. The normalized spacial score (nSPS) is 10.1. The molecule has 0 aromatic heterocycles. The molecule has 0 aliphatic carbocycles. The molecule has 0 fully saturated rings. The molecule has 70 valence electrons. The molecule has 0 unspecified atom stereocenters. The molecule has 0 radical (unpaired) electrons. The van der Waals surface area contributed by atoms with Gasteiger partial charge in [-0.3, -0.25) is 4.79 Å². The lowest BCUT2D eigenvalue weighted by Crippen LogP contribution is -2.04. The molecule has 2 N–H and O–H groups in total. The van der Waals surface area contributed by atoms with Gasteiger partial charge in [0.25, 0.3) is 0 Å². The van der Waals surface area contributed by atoms with E-state index in [2.05, 4.69) is 0 Å². The highest BCUT2D eigenvalue weighted by molar-refractivity contribution is 6.37. The molecule has 1 aromatic carbocycles. The van der Waals surface area contributed by atoms with E-state index < -0.39 is 0 Å². The molecule has 2 nitrogen and oxygen atoms in total. The fourth-order valence-electron chi connectivity index (χ4n) is 1.19. The van der Waals surface area contributed by atoms with Crippen LogP contribution in [0.4, 0.5) is 5.69 Å². The number of carbonyl (C=O) groups excluding carboxylic acids is 1. The topological polar surface area (TPSA) is 43.1 Å². The summed E-state index contributed by atoms with van der Waals surface area (Å²) in [5.41, 5.74) is 7.31. The zero-order valence-electron chi connectivity index (χ0n) is 7.10. The third-order valence-electron chi connectivity index (χ3n) is 1.71. The number of ketones is 1. The van der Waals surface area contributed by atoms with Crippen LogP contribution in [0.15, 0.2) is 12.1 Å². The number of Topliss-reactive ketones (excluding diaryl/α,β-unsaturated/α-hetero) is 1. The molecule has 0 heterocycles. The zero-order valence-corrected chi connectivity index (χ0v) is 8.62. The number of benzene rings is 1. The van der Waals surface area contributed by atoms with Crippen LogP contribution in [0.5, 0.6) is 0 Å². The van der Waals surface area contributed by atoms with Gasteiger partial charge in [-0.05, 0) is 24.6 Å². The quantitative estimate of drug-likeness (QED) is 0.471. The Morgan fingerprint density at radius 3 is 2.62 bits per heavy atom. The number of halogens is 2. The molecule has 1 aromatic rings. The van der Waals surface area contributed by atoms with Crippen LogP contribution in [0.3, 0.4) is 0 Å².